The van der Waals surface area contributed by atoms with E-state index in [4.69, 9.17) is 18.9 Å². The molecule has 0 N–H and O–H groups in total. The summed E-state index contributed by atoms with van der Waals surface area (Å²) in [6.45, 7) is 8.92. The largest absolute Gasteiger partial charge is 0.346 e. The number of rotatable bonds is 12. The van der Waals surface area contributed by atoms with Crippen molar-refractivity contribution >= 4 is 37.1 Å². The van der Waals surface area contributed by atoms with Gasteiger partial charge in [0.25, 0.3) is 0 Å². The third-order valence-electron chi connectivity index (χ3n) is 7.83. The van der Waals surface area contributed by atoms with Gasteiger partial charge in [-0.05, 0) is 64.8 Å². The van der Waals surface area contributed by atoms with E-state index in [2.05, 4.69) is 121 Å². The average Bonchev–Trinajstić information content (AvgIpc) is 3.03. The van der Waals surface area contributed by atoms with Crippen molar-refractivity contribution in [1.29, 1.82) is 0 Å². The average molecular weight is 601 g/mol. The molecule has 0 amide bonds. The van der Waals surface area contributed by atoms with E-state index in [0.717, 1.165) is 12.3 Å². The van der Waals surface area contributed by atoms with E-state index in [1.807, 2.05) is 27.7 Å². The Balaban J connectivity index is 1.57. The van der Waals surface area contributed by atoms with Crippen molar-refractivity contribution in [2.24, 2.45) is 0 Å². The fraction of sp³-hybridized carbons (Fsp3) is 0.333. The van der Waals surface area contributed by atoms with Crippen LogP contribution in [-0.4, -0.2) is 49.3 Å². The third-order valence-corrected chi connectivity index (χ3v) is 13.0. The molecule has 1 heterocycles. The van der Waals surface area contributed by atoms with Crippen molar-refractivity contribution in [1.82, 2.24) is 0 Å². The molecule has 5 rings (SSSR count). The highest BCUT2D eigenvalue weighted by atomic mass is 31.1. The Labute approximate surface area is 253 Å². The van der Waals surface area contributed by atoms with Crippen LogP contribution in [0.15, 0.2) is 121 Å². The van der Waals surface area contributed by atoms with Crippen LogP contribution in [0, 0.1) is 0 Å². The lowest BCUT2D eigenvalue weighted by Gasteiger charge is -2.53. The summed E-state index contributed by atoms with van der Waals surface area (Å²) in [5.41, 5.74) is 0. The molecule has 1 saturated heterocycles. The zero-order chi connectivity index (χ0) is 29.4. The van der Waals surface area contributed by atoms with Crippen LogP contribution in [0.25, 0.3) is 0 Å². The molecule has 0 aromatic heterocycles. The first-order valence-corrected chi connectivity index (χ1v) is 17.9. The van der Waals surface area contributed by atoms with Crippen LogP contribution in [0.4, 0.5) is 0 Å². The monoisotopic (exact) mass is 600 g/mol. The summed E-state index contributed by atoms with van der Waals surface area (Å²) < 4.78 is 26.8. The molecule has 0 aliphatic carbocycles. The fourth-order valence-electron chi connectivity index (χ4n) is 5.65. The number of benzene rings is 4. The molecule has 6 heteroatoms. The lowest BCUT2D eigenvalue weighted by Crippen LogP contribution is -2.67. The normalized spacial score (nSPS) is 24.2. The van der Waals surface area contributed by atoms with Crippen molar-refractivity contribution in [3.63, 3.8) is 0 Å². The maximum absolute atomic E-state index is 7.10. The van der Waals surface area contributed by atoms with Crippen molar-refractivity contribution < 1.29 is 18.9 Å². The van der Waals surface area contributed by atoms with E-state index in [9.17, 15) is 0 Å². The Kier molecular flexibility index (Phi) is 10.6. The van der Waals surface area contributed by atoms with Crippen LogP contribution in [0.3, 0.4) is 0 Å². The molecule has 1 fully saturated rings. The molecule has 0 saturated carbocycles. The van der Waals surface area contributed by atoms with Crippen LogP contribution in [0.2, 0.25) is 0 Å². The molecule has 4 aromatic rings. The van der Waals surface area contributed by atoms with Gasteiger partial charge < -0.3 is 18.9 Å². The van der Waals surface area contributed by atoms with Gasteiger partial charge in [-0.15, -0.1) is 0 Å². The maximum atomic E-state index is 7.10. The van der Waals surface area contributed by atoms with E-state index in [0.29, 0.717) is 13.2 Å². The van der Waals surface area contributed by atoms with Gasteiger partial charge in [-0.25, -0.2) is 0 Å². The van der Waals surface area contributed by atoms with Crippen molar-refractivity contribution in [2.45, 2.75) is 51.5 Å². The fourth-order valence-corrected chi connectivity index (χ4v) is 10.6. The van der Waals surface area contributed by atoms with Crippen LogP contribution < -0.4 is 21.2 Å². The minimum Gasteiger partial charge on any atom is -0.346 e. The molecule has 42 heavy (non-hydrogen) atoms. The topological polar surface area (TPSA) is 36.9 Å². The zero-order valence-corrected chi connectivity index (χ0v) is 26.8. The van der Waals surface area contributed by atoms with Gasteiger partial charge in [0, 0.05) is 25.5 Å². The summed E-state index contributed by atoms with van der Waals surface area (Å²) >= 11 is 0. The molecule has 1 aliphatic rings. The Morgan fingerprint density at radius 3 is 1.00 bits per heavy atom. The highest BCUT2D eigenvalue weighted by Crippen LogP contribution is 2.47. The predicted octanol–water partition coefficient (Wildman–Crippen LogP) is 6.54. The number of hydrogen-bond donors (Lipinski definition) is 0. The molecule has 4 atom stereocenters. The van der Waals surface area contributed by atoms with Gasteiger partial charge in [0.2, 0.25) is 11.6 Å². The van der Waals surface area contributed by atoms with Crippen LogP contribution in [-0.2, 0) is 18.9 Å². The zero-order valence-electron chi connectivity index (χ0n) is 25.1. The molecule has 4 aromatic carbocycles. The van der Waals surface area contributed by atoms with Gasteiger partial charge in [0.05, 0.1) is 12.2 Å². The summed E-state index contributed by atoms with van der Waals surface area (Å²) in [5, 5.41) is 5.30. The Morgan fingerprint density at radius 2 is 0.762 bits per heavy atom. The molecular weight excluding hydrogens is 558 g/mol. The minimum absolute atomic E-state index is 0.209. The summed E-state index contributed by atoms with van der Waals surface area (Å²) in [6.07, 6.45) is 1.20. The SMILES string of the molecule is CCO[C@]1(C)O[C@@H](CP(c2ccccc2)c2ccccc2)[C@H](CP(c2ccccc2)c2ccccc2)O[C@@]1(C)OCC. The first-order valence-electron chi connectivity index (χ1n) is 14.8. The van der Waals surface area contributed by atoms with E-state index in [1.54, 1.807) is 0 Å². The first kappa shape index (κ1) is 31.0. The Bertz CT molecular complexity index is 1170. The molecule has 0 radical (unpaired) electrons. The molecule has 4 nitrogen and oxygen atoms in total. The van der Waals surface area contributed by atoms with Crippen molar-refractivity contribution in [3.8, 4) is 0 Å². The second-order valence-electron chi connectivity index (χ2n) is 10.6. The highest BCUT2D eigenvalue weighted by molar-refractivity contribution is 7.73. The van der Waals surface area contributed by atoms with E-state index >= 15 is 0 Å². The van der Waals surface area contributed by atoms with Gasteiger partial charge >= 0.3 is 0 Å². The Morgan fingerprint density at radius 1 is 0.500 bits per heavy atom. The standard InChI is InChI=1S/C36H42O4P2/c1-5-37-35(3)36(4,38-6-2)40-34(28-42(31-23-15-9-16-24-31)32-25-17-10-18-26-32)33(39-35)27-41(29-19-11-7-12-20-29)30-21-13-8-14-22-30/h7-26,33-34H,5-6,27-28H2,1-4H3/t33-,34-,35+,36+/m0/s1. The summed E-state index contributed by atoms with van der Waals surface area (Å²) in [5.74, 6) is -2.12. The van der Waals surface area contributed by atoms with Crippen molar-refractivity contribution in [3.05, 3.63) is 121 Å². The Hall–Kier alpha value is -2.42. The number of ether oxygens (including phenoxy) is 4. The molecular formula is C36H42O4P2. The van der Waals surface area contributed by atoms with E-state index < -0.39 is 27.4 Å². The smallest absolute Gasteiger partial charge is 0.220 e. The first-order chi connectivity index (χ1) is 20.5. The lowest BCUT2D eigenvalue weighted by atomic mass is 10.0. The summed E-state index contributed by atoms with van der Waals surface area (Å²) in [4.78, 5) is 0. The van der Waals surface area contributed by atoms with E-state index in [1.165, 1.54) is 21.2 Å². The van der Waals surface area contributed by atoms with Crippen LogP contribution in [0.1, 0.15) is 27.7 Å². The second-order valence-corrected chi connectivity index (χ2v) is 15.1. The maximum Gasteiger partial charge on any atom is 0.220 e. The van der Waals surface area contributed by atoms with Gasteiger partial charge in [-0.1, -0.05) is 121 Å². The number of hydrogen-bond acceptors (Lipinski definition) is 4. The molecule has 0 unspecified atom stereocenters. The predicted molar refractivity (Wildman–Crippen MR) is 178 cm³/mol. The third kappa shape index (κ3) is 7.03. The van der Waals surface area contributed by atoms with Gasteiger partial charge in [0.1, 0.15) is 0 Å². The van der Waals surface area contributed by atoms with Crippen LogP contribution >= 0.6 is 15.8 Å². The molecule has 220 valence electrons. The highest BCUT2D eigenvalue weighted by Gasteiger charge is 2.57. The lowest BCUT2D eigenvalue weighted by molar-refractivity contribution is -0.450. The van der Waals surface area contributed by atoms with E-state index in [-0.39, 0.29) is 12.2 Å². The summed E-state index contributed by atoms with van der Waals surface area (Å²) in [6, 6.07) is 43.3. The summed E-state index contributed by atoms with van der Waals surface area (Å²) in [7, 11) is -1.43. The molecule has 0 spiro atoms. The van der Waals surface area contributed by atoms with Gasteiger partial charge in [-0.2, -0.15) is 0 Å². The van der Waals surface area contributed by atoms with Gasteiger partial charge in [-0.3, -0.25) is 0 Å². The minimum atomic E-state index is -1.06. The van der Waals surface area contributed by atoms with Gasteiger partial charge in [0.15, 0.2) is 0 Å². The molecule has 1 aliphatic heterocycles. The second kappa shape index (κ2) is 14.4. The van der Waals surface area contributed by atoms with Crippen molar-refractivity contribution in [2.75, 3.05) is 25.5 Å². The van der Waals surface area contributed by atoms with Crippen LogP contribution in [0.5, 0.6) is 0 Å². The quantitative estimate of drug-likeness (QED) is 0.173. The molecule has 0 bridgehead atoms.